The van der Waals surface area contributed by atoms with Gasteiger partial charge in [0.15, 0.2) is 0 Å². The third-order valence-electron chi connectivity index (χ3n) is 5.58. The number of urea groups is 1. The van der Waals surface area contributed by atoms with Crippen molar-refractivity contribution in [1.29, 1.82) is 0 Å². The molecule has 2 atom stereocenters. The van der Waals surface area contributed by atoms with Crippen LogP contribution in [-0.2, 0) is 10.3 Å². The number of nitrogens with zero attached hydrogens (tertiary/aromatic N) is 1. The number of cyclic esters (lactones) is 1. The van der Waals surface area contributed by atoms with E-state index < -0.39 is 41.2 Å². The van der Waals surface area contributed by atoms with Crippen molar-refractivity contribution in [2.45, 2.75) is 37.8 Å². The summed E-state index contributed by atoms with van der Waals surface area (Å²) in [5.74, 6) is -1.89. The van der Waals surface area contributed by atoms with Gasteiger partial charge in [0.25, 0.3) is 0 Å². The van der Waals surface area contributed by atoms with Gasteiger partial charge in [0.2, 0.25) is 0 Å². The molecule has 1 fully saturated rings. The lowest BCUT2D eigenvalue weighted by atomic mass is 9.85. The van der Waals surface area contributed by atoms with Crippen LogP contribution in [0, 0.1) is 17.5 Å². The molecule has 2 aromatic carbocycles. The summed E-state index contributed by atoms with van der Waals surface area (Å²) < 4.78 is 46.9. The number of hydrogen-bond donors (Lipinski definition) is 2. The van der Waals surface area contributed by atoms with E-state index in [-0.39, 0.29) is 25.1 Å². The Balaban J connectivity index is 1.88. The summed E-state index contributed by atoms with van der Waals surface area (Å²) in [6.45, 7) is 2.06. The van der Waals surface area contributed by atoms with E-state index in [1.807, 2.05) is 0 Å². The molecule has 31 heavy (non-hydrogen) atoms. The molecule has 3 rings (SSSR count). The first-order chi connectivity index (χ1) is 14.7. The van der Waals surface area contributed by atoms with Crippen LogP contribution in [0.25, 0.3) is 0 Å². The van der Waals surface area contributed by atoms with Gasteiger partial charge in [-0.05, 0) is 43.5 Å². The molecule has 1 aliphatic heterocycles. The van der Waals surface area contributed by atoms with E-state index in [0.29, 0.717) is 18.4 Å². The molecule has 2 unspecified atom stereocenters. The number of rotatable bonds is 6. The monoisotopic (exact) mass is 435 g/mol. The van der Waals surface area contributed by atoms with Crippen molar-refractivity contribution in [3.05, 3.63) is 71.0 Å². The van der Waals surface area contributed by atoms with Crippen LogP contribution in [0.3, 0.4) is 0 Å². The summed E-state index contributed by atoms with van der Waals surface area (Å²) in [7, 11) is 0. The number of benzene rings is 2. The molecule has 0 aliphatic carbocycles. The van der Waals surface area contributed by atoms with E-state index in [1.165, 1.54) is 35.2 Å². The van der Waals surface area contributed by atoms with Crippen molar-refractivity contribution in [2.24, 2.45) is 5.73 Å². The number of hydrogen-bond acceptors (Lipinski definition) is 3. The van der Waals surface area contributed by atoms with Crippen molar-refractivity contribution in [2.75, 3.05) is 13.1 Å². The van der Waals surface area contributed by atoms with Crippen LogP contribution in [0.5, 0.6) is 0 Å². The van der Waals surface area contributed by atoms with E-state index in [1.54, 1.807) is 6.92 Å². The Hall–Kier alpha value is -3.23. The Morgan fingerprint density at radius 1 is 1.19 bits per heavy atom. The maximum Gasteiger partial charge on any atom is 0.411 e. The topological polar surface area (TPSA) is 84.7 Å². The summed E-state index contributed by atoms with van der Waals surface area (Å²) >= 11 is 0. The second kappa shape index (κ2) is 9.28. The molecule has 1 saturated heterocycles. The first kappa shape index (κ1) is 22.5. The lowest BCUT2D eigenvalue weighted by Crippen LogP contribution is -2.40. The van der Waals surface area contributed by atoms with Crippen molar-refractivity contribution < 1.29 is 27.5 Å². The normalized spacial score (nSPS) is 20.0. The van der Waals surface area contributed by atoms with E-state index in [2.05, 4.69) is 5.32 Å². The van der Waals surface area contributed by atoms with Crippen molar-refractivity contribution in [3.63, 3.8) is 0 Å². The summed E-state index contributed by atoms with van der Waals surface area (Å²) in [6.07, 6.45) is 0.449. The van der Waals surface area contributed by atoms with Gasteiger partial charge < -0.3 is 20.7 Å². The molecule has 0 radical (unpaired) electrons. The zero-order chi connectivity index (χ0) is 22.6. The molecule has 0 saturated carbocycles. The number of nitrogens with one attached hydrogen (secondary N) is 1. The van der Waals surface area contributed by atoms with Crippen LogP contribution in [0.15, 0.2) is 42.5 Å². The second-order valence-corrected chi connectivity index (χ2v) is 7.55. The predicted octanol–water partition coefficient (Wildman–Crippen LogP) is 4.35. The summed E-state index contributed by atoms with van der Waals surface area (Å²) in [5, 5.41) is 2.48. The van der Waals surface area contributed by atoms with Gasteiger partial charge in [-0.25, -0.2) is 22.8 Å². The number of halogens is 3. The number of primary amides is 1. The quantitative estimate of drug-likeness (QED) is 0.708. The van der Waals surface area contributed by atoms with Gasteiger partial charge in [-0.2, -0.15) is 0 Å². The summed E-state index contributed by atoms with van der Waals surface area (Å²) in [4.78, 5) is 25.6. The molecule has 9 heteroatoms. The van der Waals surface area contributed by atoms with E-state index >= 15 is 0 Å². The highest BCUT2D eigenvalue weighted by Crippen LogP contribution is 2.39. The standard InChI is InChI=1S/C22H24F3N3O3/c1-14(18-8-7-17(24)13-19(18)25)28-12-2-9-22(31-21(28)30,10-11-27-20(26)29)15-3-5-16(23)6-4-15/h3-8,13-14H,2,9-12H2,1H3,(H3,26,27,29). The molecule has 3 N–H and O–H groups in total. The molecule has 2 aromatic rings. The summed E-state index contributed by atoms with van der Waals surface area (Å²) in [6, 6.07) is 7.41. The predicted molar refractivity (Wildman–Crippen MR) is 107 cm³/mol. The second-order valence-electron chi connectivity index (χ2n) is 7.55. The molecule has 0 bridgehead atoms. The first-order valence-electron chi connectivity index (χ1n) is 9.96. The molecule has 1 heterocycles. The van der Waals surface area contributed by atoms with Crippen LogP contribution >= 0.6 is 0 Å². The van der Waals surface area contributed by atoms with Crippen molar-refractivity contribution >= 4 is 12.1 Å². The lowest BCUT2D eigenvalue weighted by Gasteiger charge is -2.34. The Morgan fingerprint density at radius 3 is 2.52 bits per heavy atom. The van der Waals surface area contributed by atoms with Gasteiger partial charge in [-0.1, -0.05) is 18.2 Å². The van der Waals surface area contributed by atoms with Crippen LogP contribution in [0.4, 0.5) is 22.8 Å². The fourth-order valence-electron chi connectivity index (χ4n) is 3.93. The van der Waals surface area contributed by atoms with Gasteiger partial charge >= 0.3 is 12.1 Å². The number of nitrogens with two attached hydrogens (primary N) is 1. The SMILES string of the molecule is CC(c1ccc(F)cc1F)N1CCCC(CCNC(N)=O)(c2ccc(F)cc2)OC1=O. The average molecular weight is 435 g/mol. The number of ether oxygens (including phenoxy) is 1. The van der Waals surface area contributed by atoms with Crippen molar-refractivity contribution in [3.8, 4) is 0 Å². The van der Waals surface area contributed by atoms with Gasteiger partial charge in [0.05, 0.1) is 6.04 Å². The van der Waals surface area contributed by atoms with Gasteiger partial charge in [-0.15, -0.1) is 0 Å². The number of carbonyl (C=O) groups is 2. The maximum atomic E-state index is 14.3. The minimum absolute atomic E-state index is 0.141. The van der Waals surface area contributed by atoms with Gasteiger partial charge in [-0.3, -0.25) is 0 Å². The third-order valence-corrected chi connectivity index (χ3v) is 5.58. The zero-order valence-corrected chi connectivity index (χ0v) is 17.0. The Kier molecular flexibility index (Phi) is 6.72. The smallest absolute Gasteiger partial charge is 0.411 e. The molecule has 3 amide bonds. The van der Waals surface area contributed by atoms with E-state index in [9.17, 15) is 22.8 Å². The number of carbonyl (C=O) groups excluding carboxylic acids is 2. The molecule has 0 spiro atoms. The summed E-state index contributed by atoms with van der Waals surface area (Å²) in [5.41, 5.74) is 4.77. The van der Waals surface area contributed by atoms with Crippen LogP contribution in [0.1, 0.15) is 43.4 Å². The molecular weight excluding hydrogens is 411 g/mol. The zero-order valence-electron chi connectivity index (χ0n) is 17.0. The van der Waals surface area contributed by atoms with Gasteiger partial charge in [0, 0.05) is 31.1 Å². The largest absolute Gasteiger partial charge is 0.438 e. The Labute approximate surface area is 178 Å². The van der Waals surface area contributed by atoms with Crippen LogP contribution < -0.4 is 11.1 Å². The fourth-order valence-corrected chi connectivity index (χ4v) is 3.93. The molecule has 0 aromatic heterocycles. The Bertz CT molecular complexity index is 955. The Morgan fingerprint density at radius 2 is 1.87 bits per heavy atom. The van der Waals surface area contributed by atoms with Crippen molar-refractivity contribution in [1.82, 2.24) is 10.2 Å². The molecular formula is C22H24F3N3O3. The first-order valence-corrected chi connectivity index (χ1v) is 9.96. The highest BCUT2D eigenvalue weighted by atomic mass is 19.1. The van der Waals surface area contributed by atoms with Crippen LogP contribution in [0.2, 0.25) is 0 Å². The number of amides is 3. The highest BCUT2D eigenvalue weighted by molar-refractivity contribution is 5.71. The lowest BCUT2D eigenvalue weighted by molar-refractivity contribution is -0.0136. The molecule has 6 nitrogen and oxygen atoms in total. The van der Waals surface area contributed by atoms with E-state index in [4.69, 9.17) is 10.5 Å². The van der Waals surface area contributed by atoms with E-state index in [0.717, 1.165) is 12.1 Å². The minimum atomic E-state index is -1.12. The molecule has 1 aliphatic rings. The third kappa shape index (κ3) is 5.10. The molecule has 166 valence electrons. The minimum Gasteiger partial charge on any atom is -0.438 e. The van der Waals surface area contributed by atoms with Gasteiger partial charge in [0.1, 0.15) is 23.1 Å². The highest BCUT2D eigenvalue weighted by Gasteiger charge is 2.41. The van der Waals surface area contributed by atoms with Crippen LogP contribution in [-0.4, -0.2) is 30.1 Å². The average Bonchev–Trinajstić information content (AvgIpc) is 2.87. The fraction of sp³-hybridized carbons (Fsp3) is 0.364. The maximum absolute atomic E-state index is 14.3.